The second-order valence-electron chi connectivity index (χ2n) is 1.45. The van der Waals surface area contributed by atoms with Gasteiger partial charge in [0.1, 0.15) is 0 Å². The summed E-state index contributed by atoms with van der Waals surface area (Å²) in [6.07, 6.45) is 3.50. The Labute approximate surface area is 113 Å². The van der Waals surface area contributed by atoms with Gasteiger partial charge < -0.3 is 21.7 Å². The van der Waals surface area contributed by atoms with Crippen LogP contribution >= 0.6 is 24.4 Å². The molecule has 0 spiro atoms. The Morgan fingerprint density at radius 3 is 1.00 bits per heavy atom. The molecule has 0 saturated carbocycles. The number of rotatable bonds is 0. The van der Waals surface area contributed by atoms with Crippen LogP contribution in [0.2, 0.25) is 0 Å². The van der Waals surface area contributed by atoms with Crippen LogP contribution in [0.25, 0.3) is 0 Å². The number of allylic oxidation sites excluding steroid dienone is 2. The van der Waals surface area contributed by atoms with E-state index in [0.29, 0.717) is 0 Å². The van der Waals surface area contributed by atoms with E-state index >= 15 is 0 Å². The van der Waals surface area contributed by atoms with Gasteiger partial charge in [-0.2, -0.15) is 0 Å². The van der Waals surface area contributed by atoms with Crippen molar-refractivity contribution >= 4 is 34.8 Å². The Morgan fingerprint density at radius 1 is 1.00 bits per heavy atom. The summed E-state index contributed by atoms with van der Waals surface area (Å²) >= 11 is 7.52. The van der Waals surface area contributed by atoms with E-state index in [0.717, 1.165) is 0 Å². The molecule has 7 heteroatoms. The third-order valence-electron chi connectivity index (χ3n) is 0. The van der Waals surface area contributed by atoms with Crippen LogP contribution in [0.4, 0.5) is 0 Å². The van der Waals surface area contributed by atoms with Crippen molar-refractivity contribution in [1.82, 2.24) is 0 Å². The van der Waals surface area contributed by atoms with Crippen LogP contribution < -0.4 is 21.7 Å². The molecular weight excluding hydrogens is 284 g/mol. The number of thiocarbonyl (C=S) groups is 2. The van der Waals surface area contributed by atoms with E-state index in [-0.39, 0.29) is 17.1 Å². The Morgan fingerprint density at radius 2 is 1.00 bits per heavy atom. The zero-order chi connectivity index (χ0) is 12.6. The van der Waals surface area contributed by atoms with Crippen molar-refractivity contribution in [3.8, 4) is 0 Å². The Kier molecular flexibility index (Phi) is 73.4. The number of hydrogen-bond donors (Lipinski definition) is 2. The second-order valence-corrected chi connectivity index (χ2v) is 2.26. The largest absolute Gasteiger partial charge is 2.00 e. The molecule has 0 aromatic heterocycles. The predicted octanol–water partition coefficient (Wildman–Crippen LogP) is -0.437. The molecule has 0 rings (SSSR count). The molecule has 0 aromatic carbocycles. The summed E-state index contributed by atoms with van der Waals surface area (Å²) in [5.74, 6) is 0. The van der Waals surface area contributed by atoms with Crippen LogP contribution in [0, 0.1) is 0 Å². The third kappa shape index (κ3) is 4500. The van der Waals surface area contributed by atoms with Gasteiger partial charge in [-0.1, -0.05) is 36.6 Å². The first kappa shape index (κ1) is 29.3. The van der Waals surface area contributed by atoms with Gasteiger partial charge in [0.15, 0.2) is 0 Å². The third-order valence-corrected chi connectivity index (χ3v) is 0. The van der Waals surface area contributed by atoms with Crippen molar-refractivity contribution in [1.29, 1.82) is 0 Å². The van der Waals surface area contributed by atoms with Crippen molar-refractivity contribution < 1.29 is 27.3 Å². The van der Waals surface area contributed by atoms with E-state index < -0.39 is 10.3 Å². The van der Waals surface area contributed by atoms with Gasteiger partial charge in [0, 0.05) is 10.3 Å². The summed E-state index contributed by atoms with van der Waals surface area (Å²) in [6.45, 7) is 10.5. The molecule has 0 aliphatic carbocycles. The van der Waals surface area contributed by atoms with E-state index in [1.165, 1.54) is 0 Å². The van der Waals surface area contributed by atoms with E-state index in [1.807, 2.05) is 13.8 Å². The molecule has 0 aliphatic rings. The van der Waals surface area contributed by atoms with Crippen LogP contribution in [-0.4, -0.2) is 10.3 Å². The Hall–Kier alpha value is -0.621. The standard InChI is InChI=1S/2C3H6.2CH3NOS.Cu/c2*1-3-2;2*2-1(3)4;/h2*3H,1H2,2H3;2*(H3,2,3,4);/q;;;;+2/p-2. The fourth-order valence-corrected chi connectivity index (χ4v) is 0. The first-order chi connectivity index (χ1) is 6.29. The zero-order valence-electron chi connectivity index (χ0n) is 8.66. The minimum Gasteiger partial charge on any atom is -0.852 e. The van der Waals surface area contributed by atoms with Gasteiger partial charge in [0.05, 0.1) is 0 Å². The van der Waals surface area contributed by atoms with Gasteiger partial charge in [0.2, 0.25) is 0 Å². The molecule has 0 aromatic rings. The monoisotopic (exact) mass is 299 g/mol. The van der Waals surface area contributed by atoms with Gasteiger partial charge in [-0.25, -0.2) is 0 Å². The van der Waals surface area contributed by atoms with E-state index in [9.17, 15) is 0 Å². The maximum absolute atomic E-state index is 9.04. The molecule has 1 radical (unpaired) electrons. The SMILES string of the molecule is C=CC.C=CC.NC([O-])=S.NC([O-])=S.[Cu+2]. The van der Waals surface area contributed by atoms with E-state index in [4.69, 9.17) is 10.2 Å². The van der Waals surface area contributed by atoms with Crippen LogP contribution in [0.1, 0.15) is 13.8 Å². The molecule has 0 fully saturated rings. The molecule has 0 unspecified atom stereocenters. The molecule has 0 saturated heterocycles. The van der Waals surface area contributed by atoms with Crippen LogP contribution in [-0.2, 0) is 17.1 Å². The maximum Gasteiger partial charge on any atom is 2.00 e. The topological polar surface area (TPSA) is 98.2 Å². The first-order valence-electron chi connectivity index (χ1n) is 3.37. The summed E-state index contributed by atoms with van der Waals surface area (Å²) in [5, 5.41) is 16.6. The Balaban J connectivity index is -0.0000000293. The minimum absolute atomic E-state index is 0. The molecule has 0 bridgehead atoms. The molecule has 4 nitrogen and oxygen atoms in total. The summed E-state index contributed by atoms with van der Waals surface area (Å²) in [6, 6.07) is 0. The van der Waals surface area contributed by atoms with E-state index in [1.54, 1.807) is 12.2 Å². The molecule has 0 amide bonds. The van der Waals surface area contributed by atoms with Gasteiger partial charge in [-0.15, -0.1) is 13.2 Å². The molecule has 93 valence electrons. The zero-order valence-corrected chi connectivity index (χ0v) is 11.2. The van der Waals surface area contributed by atoms with Crippen LogP contribution in [0.5, 0.6) is 0 Å². The van der Waals surface area contributed by atoms with Gasteiger partial charge in [-0.05, 0) is 13.8 Å². The molecule has 0 aliphatic heterocycles. The van der Waals surface area contributed by atoms with Gasteiger partial charge in [0.25, 0.3) is 0 Å². The second kappa shape index (κ2) is 37.7. The fraction of sp³-hybridized carbons (Fsp3) is 0.250. The van der Waals surface area contributed by atoms with Crippen LogP contribution in [0.15, 0.2) is 25.3 Å². The first-order valence-corrected chi connectivity index (χ1v) is 4.18. The summed E-state index contributed by atoms with van der Waals surface area (Å²) in [5.41, 5.74) is 8.57. The average molecular weight is 300 g/mol. The molecule has 15 heavy (non-hydrogen) atoms. The van der Waals surface area contributed by atoms with Crippen molar-refractivity contribution in [3.05, 3.63) is 25.3 Å². The van der Waals surface area contributed by atoms with Crippen molar-refractivity contribution in [2.24, 2.45) is 11.5 Å². The van der Waals surface area contributed by atoms with Gasteiger partial charge in [-0.3, -0.25) is 0 Å². The van der Waals surface area contributed by atoms with Gasteiger partial charge >= 0.3 is 17.1 Å². The fourth-order valence-electron chi connectivity index (χ4n) is 0. The maximum atomic E-state index is 9.04. The average Bonchev–Trinajstić information content (AvgIpc) is 1.85. The smallest absolute Gasteiger partial charge is 0.852 e. The Bertz CT molecular complexity index is 141. The minimum atomic E-state index is -0.750. The molecule has 4 N–H and O–H groups in total. The van der Waals surface area contributed by atoms with E-state index in [2.05, 4.69) is 49.1 Å². The number of nitrogens with two attached hydrogens (primary N) is 2. The van der Waals surface area contributed by atoms with Crippen molar-refractivity contribution in [3.63, 3.8) is 0 Å². The quantitative estimate of drug-likeness (QED) is 0.358. The predicted molar refractivity (Wildman–Crippen MR) is 65.3 cm³/mol. The molecule has 0 atom stereocenters. The summed E-state index contributed by atoms with van der Waals surface area (Å²) in [4.78, 5) is 0. The normalized spacial score (nSPS) is 4.93. The van der Waals surface area contributed by atoms with Crippen LogP contribution in [0.3, 0.4) is 0 Å². The summed E-state index contributed by atoms with van der Waals surface area (Å²) in [7, 11) is 0. The van der Waals surface area contributed by atoms with Crippen molar-refractivity contribution in [2.45, 2.75) is 13.8 Å². The summed E-state index contributed by atoms with van der Waals surface area (Å²) < 4.78 is 0. The molecule has 0 heterocycles. The molecular formula is C8H16CuN2O2S2. The van der Waals surface area contributed by atoms with Crippen molar-refractivity contribution in [2.75, 3.05) is 0 Å². The number of hydrogen-bond acceptors (Lipinski definition) is 4.